The molecule has 0 bridgehead atoms. The third-order valence-electron chi connectivity index (χ3n) is 3.17. The number of thiophene rings is 4. The van der Waals surface area contributed by atoms with Crippen molar-refractivity contribution in [3.8, 4) is 19.5 Å². The summed E-state index contributed by atoms with van der Waals surface area (Å²) in [5.41, 5.74) is 0. The molecular weight excluding hydrogens is 320 g/mol. The fourth-order valence-electron chi connectivity index (χ4n) is 2.21. The van der Waals surface area contributed by atoms with Crippen LogP contribution in [-0.4, -0.2) is 0 Å². The van der Waals surface area contributed by atoms with Gasteiger partial charge in [-0.2, -0.15) is 0 Å². The molecule has 0 N–H and O–H groups in total. The van der Waals surface area contributed by atoms with Crippen LogP contribution in [0.2, 0.25) is 0 Å². The van der Waals surface area contributed by atoms with Gasteiger partial charge in [-0.3, -0.25) is 0 Å². The maximum absolute atomic E-state index is 2.35. The van der Waals surface area contributed by atoms with Crippen LogP contribution in [-0.2, 0) is 0 Å². The first-order valence-corrected chi connectivity index (χ1v) is 9.63. The zero-order valence-corrected chi connectivity index (χ0v) is 14.4. The largest absolute Gasteiger partial charge is 0.140 e. The van der Waals surface area contributed by atoms with Gasteiger partial charge < -0.3 is 0 Å². The Morgan fingerprint density at radius 2 is 1.00 bits per heavy atom. The molecule has 0 aliphatic carbocycles. The molecule has 0 atom stereocenters. The first-order chi connectivity index (χ1) is 9.69. The van der Waals surface area contributed by atoms with Crippen molar-refractivity contribution in [2.24, 2.45) is 0 Å². The van der Waals surface area contributed by atoms with Crippen LogP contribution in [0, 0.1) is 13.8 Å². The Morgan fingerprint density at radius 1 is 0.550 bits per heavy atom. The second-order valence-corrected chi connectivity index (χ2v) is 9.51. The molecule has 100 valence electrons. The topological polar surface area (TPSA) is 0 Å². The van der Waals surface area contributed by atoms with Gasteiger partial charge in [0, 0.05) is 38.7 Å². The van der Waals surface area contributed by atoms with Crippen LogP contribution in [0.25, 0.3) is 28.9 Å². The monoisotopic (exact) mass is 332 g/mol. The maximum atomic E-state index is 2.35. The molecule has 0 nitrogen and oxygen atoms in total. The van der Waals surface area contributed by atoms with Crippen molar-refractivity contribution in [3.05, 3.63) is 46.2 Å². The lowest BCUT2D eigenvalue weighted by molar-refractivity contribution is 1.64. The maximum Gasteiger partial charge on any atom is 0.0464 e. The average molecular weight is 333 g/mol. The van der Waals surface area contributed by atoms with Gasteiger partial charge in [-0.15, -0.1) is 45.3 Å². The lowest BCUT2D eigenvalue weighted by atomic mass is 10.3. The molecule has 4 heterocycles. The van der Waals surface area contributed by atoms with Gasteiger partial charge in [0.25, 0.3) is 0 Å². The second-order valence-electron chi connectivity index (χ2n) is 4.77. The van der Waals surface area contributed by atoms with Crippen LogP contribution in [0.15, 0.2) is 36.4 Å². The number of hydrogen-bond acceptors (Lipinski definition) is 4. The van der Waals surface area contributed by atoms with E-state index in [0.29, 0.717) is 0 Å². The van der Waals surface area contributed by atoms with E-state index in [1.165, 1.54) is 38.7 Å². The summed E-state index contributed by atoms with van der Waals surface area (Å²) in [5.74, 6) is 0. The van der Waals surface area contributed by atoms with Gasteiger partial charge in [0.05, 0.1) is 0 Å². The summed E-state index contributed by atoms with van der Waals surface area (Å²) in [6, 6.07) is 13.6. The van der Waals surface area contributed by atoms with Gasteiger partial charge in [0.15, 0.2) is 0 Å². The predicted molar refractivity (Wildman–Crippen MR) is 95.8 cm³/mol. The fraction of sp³-hybridized carbons (Fsp3) is 0.125. The van der Waals surface area contributed by atoms with E-state index in [1.54, 1.807) is 0 Å². The number of hydrogen-bond donors (Lipinski definition) is 0. The Hall–Kier alpha value is -0.940. The molecule has 0 aromatic carbocycles. The highest BCUT2D eigenvalue weighted by molar-refractivity contribution is 7.33. The quantitative estimate of drug-likeness (QED) is 0.369. The minimum atomic E-state index is 1.38. The highest BCUT2D eigenvalue weighted by atomic mass is 32.1. The van der Waals surface area contributed by atoms with Crippen molar-refractivity contribution in [3.63, 3.8) is 0 Å². The van der Waals surface area contributed by atoms with Crippen LogP contribution in [0.4, 0.5) is 0 Å². The first kappa shape index (κ1) is 12.8. The summed E-state index contributed by atoms with van der Waals surface area (Å²) in [5, 5.41) is 0. The van der Waals surface area contributed by atoms with Crippen LogP contribution in [0.3, 0.4) is 0 Å². The molecule has 0 fully saturated rings. The molecule has 0 unspecified atom stereocenters. The summed E-state index contributed by atoms with van der Waals surface area (Å²) in [6.45, 7) is 4.34. The van der Waals surface area contributed by atoms with Crippen LogP contribution in [0.1, 0.15) is 9.75 Å². The number of rotatable bonds is 2. The zero-order chi connectivity index (χ0) is 13.7. The Kier molecular flexibility index (Phi) is 3.07. The van der Waals surface area contributed by atoms with E-state index >= 15 is 0 Å². The second kappa shape index (κ2) is 4.81. The molecule has 0 spiro atoms. The van der Waals surface area contributed by atoms with Gasteiger partial charge >= 0.3 is 0 Å². The fourth-order valence-corrected chi connectivity index (χ4v) is 6.51. The van der Waals surface area contributed by atoms with Crippen LogP contribution < -0.4 is 0 Å². The van der Waals surface area contributed by atoms with Crippen molar-refractivity contribution in [1.82, 2.24) is 0 Å². The van der Waals surface area contributed by atoms with Crippen molar-refractivity contribution >= 4 is 54.7 Å². The van der Waals surface area contributed by atoms with E-state index in [2.05, 4.69) is 50.2 Å². The molecule has 0 radical (unpaired) electrons. The number of aryl methyl sites for hydroxylation is 2. The minimum absolute atomic E-state index is 1.38. The minimum Gasteiger partial charge on any atom is -0.140 e. The first-order valence-electron chi connectivity index (χ1n) is 6.36. The van der Waals surface area contributed by atoms with E-state index in [4.69, 9.17) is 0 Å². The normalized spacial score (nSPS) is 11.5. The molecule has 0 saturated heterocycles. The highest BCUT2D eigenvalue weighted by Crippen LogP contribution is 2.44. The van der Waals surface area contributed by atoms with E-state index in [1.807, 2.05) is 45.3 Å². The van der Waals surface area contributed by atoms with Crippen LogP contribution in [0.5, 0.6) is 0 Å². The van der Waals surface area contributed by atoms with Crippen molar-refractivity contribution in [2.75, 3.05) is 0 Å². The molecule has 4 aromatic heterocycles. The van der Waals surface area contributed by atoms with Gasteiger partial charge in [-0.25, -0.2) is 0 Å². The van der Waals surface area contributed by atoms with E-state index in [9.17, 15) is 0 Å². The Balaban J connectivity index is 1.77. The van der Waals surface area contributed by atoms with Crippen LogP contribution >= 0.6 is 45.3 Å². The van der Waals surface area contributed by atoms with Gasteiger partial charge in [0.1, 0.15) is 0 Å². The zero-order valence-electron chi connectivity index (χ0n) is 11.1. The highest BCUT2D eigenvalue weighted by Gasteiger charge is 2.11. The summed E-state index contributed by atoms with van der Waals surface area (Å²) >= 11 is 7.58. The third kappa shape index (κ3) is 2.17. The molecule has 20 heavy (non-hydrogen) atoms. The number of fused-ring (bicyclic) bond motifs is 1. The van der Waals surface area contributed by atoms with Crippen molar-refractivity contribution < 1.29 is 0 Å². The molecule has 0 aliphatic heterocycles. The van der Waals surface area contributed by atoms with Gasteiger partial charge in [-0.05, 0) is 50.2 Å². The molecule has 4 aromatic rings. The molecule has 0 amide bonds. The van der Waals surface area contributed by atoms with Gasteiger partial charge in [0.2, 0.25) is 0 Å². The molecule has 0 aliphatic rings. The standard InChI is InChI=1S/C16H12S4/c1-9-3-5-11(17-9)13-7-15-16(19-13)8-14(20-15)12-6-4-10(2)18-12/h3-8H,1-2H3. The van der Waals surface area contributed by atoms with Crippen molar-refractivity contribution in [2.45, 2.75) is 13.8 Å². The summed E-state index contributed by atoms with van der Waals surface area (Å²) < 4.78 is 2.83. The predicted octanol–water partition coefficient (Wildman–Crippen LogP) is 7.04. The smallest absolute Gasteiger partial charge is 0.0464 e. The van der Waals surface area contributed by atoms with E-state index in [-0.39, 0.29) is 0 Å². The molecule has 4 rings (SSSR count). The summed E-state index contributed by atoms with van der Waals surface area (Å²) in [7, 11) is 0. The molecule has 4 heteroatoms. The summed E-state index contributed by atoms with van der Waals surface area (Å²) in [6.07, 6.45) is 0. The Bertz CT molecular complexity index is 783. The average Bonchev–Trinajstić information content (AvgIpc) is 3.09. The lowest BCUT2D eigenvalue weighted by Gasteiger charge is -1.90. The third-order valence-corrected chi connectivity index (χ3v) is 7.86. The van der Waals surface area contributed by atoms with Crippen molar-refractivity contribution in [1.29, 1.82) is 0 Å². The van der Waals surface area contributed by atoms with Gasteiger partial charge in [-0.1, -0.05) is 0 Å². The van der Waals surface area contributed by atoms with E-state index < -0.39 is 0 Å². The van der Waals surface area contributed by atoms with E-state index in [0.717, 1.165) is 0 Å². The molecular formula is C16H12S4. The Morgan fingerprint density at radius 3 is 1.35 bits per heavy atom. The SMILES string of the molecule is Cc1ccc(-c2cc3sc(-c4ccc(C)s4)cc3s2)s1. The Labute approximate surface area is 134 Å². The summed E-state index contributed by atoms with van der Waals surface area (Å²) in [4.78, 5) is 8.35. The lowest BCUT2D eigenvalue weighted by Crippen LogP contribution is -1.59. The molecule has 0 saturated carbocycles.